The summed E-state index contributed by atoms with van der Waals surface area (Å²) in [5.74, 6) is -0.945. The number of benzene rings is 1. The third-order valence-corrected chi connectivity index (χ3v) is 3.74. The predicted octanol–water partition coefficient (Wildman–Crippen LogP) is 2.66. The molecule has 3 rings (SSSR count). The molecule has 1 N–H and O–H groups in total. The lowest BCUT2D eigenvalue weighted by Gasteiger charge is -2.15. The maximum Gasteiger partial charge on any atom is 0.354 e. The van der Waals surface area contributed by atoms with Crippen molar-refractivity contribution in [3.05, 3.63) is 41.1 Å². The second-order valence-corrected chi connectivity index (χ2v) is 5.03. The van der Waals surface area contributed by atoms with Gasteiger partial charge in [-0.05, 0) is 48.9 Å². The minimum atomic E-state index is -0.945. The summed E-state index contributed by atoms with van der Waals surface area (Å²) in [6, 6.07) is 7.98. The molecule has 1 heterocycles. The van der Waals surface area contributed by atoms with E-state index in [1.807, 2.05) is 6.07 Å². The van der Waals surface area contributed by atoms with E-state index in [4.69, 9.17) is 5.11 Å². The molecule has 0 aliphatic heterocycles. The van der Waals surface area contributed by atoms with Gasteiger partial charge >= 0.3 is 5.97 Å². The van der Waals surface area contributed by atoms with E-state index < -0.39 is 5.97 Å². The van der Waals surface area contributed by atoms with Crippen molar-refractivity contribution < 1.29 is 9.90 Å². The zero-order valence-corrected chi connectivity index (χ0v) is 10.9. The van der Waals surface area contributed by atoms with Gasteiger partial charge in [-0.15, -0.1) is 0 Å². The van der Waals surface area contributed by atoms with Crippen LogP contribution in [0.1, 0.15) is 34.5 Å². The Hall–Kier alpha value is -2.10. The highest BCUT2D eigenvalue weighted by atomic mass is 16.4. The Balaban J connectivity index is 2.02. The number of nitrogens with zero attached hydrogens (tertiary/aromatic N) is 2. The van der Waals surface area contributed by atoms with Gasteiger partial charge in [0.05, 0.1) is 5.69 Å². The molecule has 0 bridgehead atoms. The number of rotatable bonds is 2. The first kappa shape index (κ1) is 12.0. The molecule has 0 saturated heterocycles. The van der Waals surface area contributed by atoms with Crippen LogP contribution in [0.3, 0.4) is 0 Å². The van der Waals surface area contributed by atoms with Gasteiger partial charge in [0.15, 0.2) is 0 Å². The van der Waals surface area contributed by atoms with Crippen LogP contribution in [0.2, 0.25) is 0 Å². The summed E-state index contributed by atoms with van der Waals surface area (Å²) in [5, 5.41) is 13.3. The quantitative estimate of drug-likeness (QED) is 0.898. The van der Waals surface area contributed by atoms with Crippen LogP contribution in [-0.4, -0.2) is 20.9 Å². The standard InChI is InChI=1S/C15H16N2O2/c1-17-14(15(18)19)9-13(16-17)12-7-6-10-4-2-3-5-11(10)8-12/h6-9H,2-5H2,1H3,(H,18,19). The van der Waals surface area contributed by atoms with E-state index in [1.54, 1.807) is 13.1 Å². The summed E-state index contributed by atoms with van der Waals surface area (Å²) in [6.07, 6.45) is 4.76. The van der Waals surface area contributed by atoms with Crippen molar-refractivity contribution >= 4 is 5.97 Å². The summed E-state index contributed by atoms with van der Waals surface area (Å²) < 4.78 is 1.41. The van der Waals surface area contributed by atoms with Gasteiger partial charge in [-0.25, -0.2) is 4.79 Å². The van der Waals surface area contributed by atoms with E-state index >= 15 is 0 Å². The Labute approximate surface area is 111 Å². The largest absolute Gasteiger partial charge is 0.477 e. The molecule has 1 aliphatic carbocycles. The monoisotopic (exact) mass is 256 g/mol. The molecule has 0 saturated carbocycles. The van der Waals surface area contributed by atoms with Gasteiger partial charge in [0.25, 0.3) is 0 Å². The summed E-state index contributed by atoms with van der Waals surface area (Å²) in [6.45, 7) is 0. The van der Waals surface area contributed by atoms with Gasteiger partial charge in [-0.2, -0.15) is 5.10 Å². The maximum atomic E-state index is 11.0. The third kappa shape index (κ3) is 2.14. The molecule has 1 aliphatic rings. The second-order valence-electron chi connectivity index (χ2n) is 5.03. The van der Waals surface area contributed by atoms with Gasteiger partial charge < -0.3 is 5.11 Å². The number of aromatic nitrogens is 2. The van der Waals surface area contributed by atoms with Crippen molar-refractivity contribution in [1.82, 2.24) is 9.78 Å². The van der Waals surface area contributed by atoms with Gasteiger partial charge in [0.2, 0.25) is 0 Å². The van der Waals surface area contributed by atoms with Crippen LogP contribution in [0.15, 0.2) is 24.3 Å². The first-order valence-electron chi connectivity index (χ1n) is 6.54. The molecular weight excluding hydrogens is 240 g/mol. The zero-order valence-electron chi connectivity index (χ0n) is 10.9. The number of hydrogen-bond donors (Lipinski definition) is 1. The van der Waals surface area contributed by atoms with Crippen molar-refractivity contribution in [3.63, 3.8) is 0 Å². The molecule has 0 atom stereocenters. The fraction of sp³-hybridized carbons (Fsp3) is 0.333. The van der Waals surface area contributed by atoms with Crippen LogP contribution in [0.25, 0.3) is 11.3 Å². The second kappa shape index (κ2) is 4.53. The summed E-state index contributed by atoms with van der Waals surface area (Å²) >= 11 is 0. The Morgan fingerprint density at radius 2 is 1.95 bits per heavy atom. The van der Waals surface area contributed by atoms with E-state index in [-0.39, 0.29) is 5.69 Å². The molecule has 1 aromatic carbocycles. The van der Waals surface area contributed by atoms with Crippen molar-refractivity contribution in [3.8, 4) is 11.3 Å². The fourth-order valence-electron chi connectivity index (χ4n) is 2.70. The number of aryl methyl sites for hydroxylation is 3. The summed E-state index contributed by atoms with van der Waals surface area (Å²) in [5.41, 5.74) is 4.75. The number of hydrogen-bond acceptors (Lipinski definition) is 2. The maximum absolute atomic E-state index is 11.0. The van der Waals surface area contributed by atoms with Crippen LogP contribution in [0.4, 0.5) is 0 Å². The minimum absolute atomic E-state index is 0.215. The highest BCUT2D eigenvalue weighted by molar-refractivity contribution is 5.87. The normalized spacial score (nSPS) is 14.2. The lowest BCUT2D eigenvalue weighted by molar-refractivity contribution is 0.0685. The molecule has 4 nitrogen and oxygen atoms in total. The molecule has 19 heavy (non-hydrogen) atoms. The molecule has 0 amide bonds. The van der Waals surface area contributed by atoms with Crippen LogP contribution in [0, 0.1) is 0 Å². The Morgan fingerprint density at radius 3 is 2.63 bits per heavy atom. The highest BCUT2D eigenvalue weighted by Crippen LogP contribution is 2.27. The van der Waals surface area contributed by atoms with Gasteiger partial charge in [0, 0.05) is 12.6 Å². The summed E-state index contributed by atoms with van der Waals surface area (Å²) in [7, 11) is 1.66. The molecular formula is C15H16N2O2. The molecule has 0 spiro atoms. The average Bonchev–Trinajstić information content (AvgIpc) is 2.80. The Bertz CT molecular complexity index is 644. The lowest BCUT2D eigenvalue weighted by atomic mass is 9.90. The summed E-state index contributed by atoms with van der Waals surface area (Å²) in [4.78, 5) is 11.0. The van der Waals surface area contributed by atoms with Crippen LogP contribution < -0.4 is 0 Å². The van der Waals surface area contributed by atoms with Gasteiger partial charge in [-0.1, -0.05) is 12.1 Å². The van der Waals surface area contributed by atoms with Crippen molar-refractivity contribution in [1.29, 1.82) is 0 Å². The first-order chi connectivity index (χ1) is 9.15. The number of carboxylic acid groups (broad SMARTS) is 1. The predicted molar refractivity (Wildman–Crippen MR) is 72.2 cm³/mol. The average molecular weight is 256 g/mol. The van der Waals surface area contributed by atoms with Crippen LogP contribution >= 0.6 is 0 Å². The molecule has 0 unspecified atom stereocenters. The molecule has 1 aromatic heterocycles. The lowest BCUT2D eigenvalue weighted by Crippen LogP contribution is -2.04. The Morgan fingerprint density at radius 1 is 1.21 bits per heavy atom. The van der Waals surface area contributed by atoms with Crippen molar-refractivity contribution in [2.24, 2.45) is 7.05 Å². The highest BCUT2D eigenvalue weighted by Gasteiger charge is 2.15. The molecule has 0 radical (unpaired) electrons. The fourth-order valence-corrected chi connectivity index (χ4v) is 2.70. The molecule has 4 heteroatoms. The number of carbonyl (C=O) groups is 1. The number of carboxylic acids is 1. The number of aromatic carboxylic acids is 1. The van der Waals surface area contributed by atoms with Crippen molar-refractivity contribution in [2.45, 2.75) is 25.7 Å². The van der Waals surface area contributed by atoms with Crippen molar-refractivity contribution in [2.75, 3.05) is 0 Å². The minimum Gasteiger partial charge on any atom is -0.477 e. The Kier molecular flexibility index (Phi) is 2.85. The van der Waals surface area contributed by atoms with Gasteiger partial charge in [0.1, 0.15) is 5.69 Å². The molecule has 0 fully saturated rings. The van der Waals surface area contributed by atoms with E-state index in [0.717, 1.165) is 24.1 Å². The van der Waals surface area contributed by atoms with Crippen LogP contribution in [0.5, 0.6) is 0 Å². The van der Waals surface area contributed by atoms with E-state index in [1.165, 1.54) is 28.7 Å². The molecule has 98 valence electrons. The third-order valence-electron chi connectivity index (χ3n) is 3.74. The van der Waals surface area contributed by atoms with E-state index in [0.29, 0.717) is 0 Å². The topological polar surface area (TPSA) is 55.1 Å². The number of fused-ring (bicyclic) bond motifs is 1. The zero-order chi connectivity index (χ0) is 13.4. The molecule has 2 aromatic rings. The first-order valence-corrected chi connectivity index (χ1v) is 6.54. The van der Waals surface area contributed by atoms with E-state index in [9.17, 15) is 4.79 Å². The van der Waals surface area contributed by atoms with Gasteiger partial charge in [-0.3, -0.25) is 4.68 Å². The van der Waals surface area contributed by atoms with Crippen LogP contribution in [-0.2, 0) is 19.9 Å². The SMILES string of the molecule is Cn1nc(-c2ccc3c(c2)CCCC3)cc1C(=O)O. The van der Waals surface area contributed by atoms with E-state index in [2.05, 4.69) is 17.2 Å². The smallest absolute Gasteiger partial charge is 0.354 e.